The number of nitrogens with one attached hydrogen (secondary N) is 1. The molecule has 0 unspecified atom stereocenters. The molecular formula is C8H13N3O2. The Morgan fingerprint density at radius 3 is 2.54 bits per heavy atom. The Kier molecular flexibility index (Phi) is 2.55. The summed E-state index contributed by atoms with van der Waals surface area (Å²) in [7, 11) is 3.12. The van der Waals surface area contributed by atoms with Crippen molar-refractivity contribution in [1.29, 1.82) is 0 Å². The van der Waals surface area contributed by atoms with Crippen molar-refractivity contribution in [3.8, 4) is 0 Å². The minimum absolute atomic E-state index is 0.286. The molecule has 72 valence electrons. The predicted molar refractivity (Wildman–Crippen MR) is 51.2 cm³/mol. The zero-order valence-electron chi connectivity index (χ0n) is 8.00. The highest BCUT2D eigenvalue weighted by atomic mass is 16.2. The predicted octanol–water partition coefficient (Wildman–Crippen LogP) is -0.391. The van der Waals surface area contributed by atoms with E-state index in [2.05, 4.69) is 5.32 Å². The Bertz CT molecular complexity index is 380. The Morgan fingerprint density at radius 2 is 2.08 bits per heavy atom. The minimum Gasteiger partial charge on any atom is -0.382 e. The molecule has 1 rings (SSSR count). The van der Waals surface area contributed by atoms with Crippen molar-refractivity contribution in [3.05, 3.63) is 27.0 Å². The van der Waals surface area contributed by atoms with E-state index < -0.39 is 0 Å². The SMILES string of the molecule is CCn1cc(NC)c(=O)n(C)c1=O. The van der Waals surface area contributed by atoms with Crippen molar-refractivity contribution in [3.63, 3.8) is 0 Å². The van der Waals surface area contributed by atoms with Gasteiger partial charge in [0.25, 0.3) is 5.56 Å². The molecule has 0 radical (unpaired) electrons. The molecule has 5 nitrogen and oxygen atoms in total. The van der Waals surface area contributed by atoms with Gasteiger partial charge in [0.15, 0.2) is 0 Å². The first kappa shape index (κ1) is 9.57. The summed E-state index contributed by atoms with van der Waals surface area (Å²) in [4.78, 5) is 22.8. The third-order valence-electron chi connectivity index (χ3n) is 1.96. The van der Waals surface area contributed by atoms with Gasteiger partial charge in [-0.05, 0) is 6.92 Å². The maximum atomic E-state index is 11.4. The summed E-state index contributed by atoms with van der Waals surface area (Å²) in [6.45, 7) is 2.41. The number of hydrogen-bond acceptors (Lipinski definition) is 3. The van der Waals surface area contributed by atoms with Crippen molar-refractivity contribution in [2.75, 3.05) is 12.4 Å². The number of rotatable bonds is 2. The van der Waals surface area contributed by atoms with Gasteiger partial charge in [-0.3, -0.25) is 13.9 Å². The molecule has 0 amide bonds. The fourth-order valence-electron chi connectivity index (χ4n) is 1.12. The van der Waals surface area contributed by atoms with E-state index in [0.29, 0.717) is 12.2 Å². The van der Waals surface area contributed by atoms with Crippen LogP contribution < -0.4 is 16.6 Å². The normalized spacial score (nSPS) is 10.1. The van der Waals surface area contributed by atoms with Crippen molar-refractivity contribution >= 4 is 5.69 Å². The van der Waals surface area contributed by atoms with E-state index in [-0.39, 0.29) is 11.2 Å². The molecule has 1 heterocycles. The first-order valence-electron chi connectivity index (χ1n) is 4.10. The maximum Gasteiger partial charge on any atom is 0.330 e. The van der Waals surface area contributed by atoms with E-state index >= 15 is 0 Å². The molecule has 0 aliphatic rings. The highest BCUT2D eigenvalue weighted by Crippen LogP contribution is 1.92. The summed E-state index contributed by atoms with van der Waals surface area (Å²) in [5, 5.41) is 2.74. The standard InChI is InChI=1S/C8H13N3O2/c1-4-11-5-6(9-2)7(12)10(3)8(11)13/h5,9H,4H2,1-3H3. The Labute approximate surface area is 75.6 Å². The van der Waals surface area contributed by atoms with Crippen LogP contribution in [0.15, 0.2) is 15.8 Å². The third-order valence-corrected chi connectivity index (χ3v) is 1.96. The lowest BCUT2D eigenvalue weighted by Gasteiger charge is -2.07. The molecular weight excluding hydrogens is 170 g/mol. The van der Waals surface area contributed by atoms with Crippen LogP contribution in [0.4, 0.5) is 5.69 Å². The van der Waals surface area contributed by atoms with Crippen molar-refractivity contribution < 1.29 is 0 Å². The summed E-state index contributed by atoms with van der Waals surface area (Å²) in [6, 6.07) is 0. The largest absolute Gasteiger partial charge is 0.382 e. The van der Waals surface area contributed by atoms with E-state index in [1.165, 1.54) is 17.8 Å². The van der Waals surface area contributed by atoms with Crippen molar-refractivity contribution in [1.82, 2.24) is 9.13 Å². The highest BCUT2D eigenvalue weighted by molar-refractivity contribution is 5.36. The monoisotopic (exact) mass is 183 g/mol. The van der Waals surface area contributed by atoms with Gasteiger partial charge in [0.2, 0.25) is 0 Å². The van der Waals surface area contributed by atoms with Gasteiger partial charge in [0.05, 0.1) is 0 Å². The Morgan fingerprint density at radius 1 is 1.46 bits per heavy atom. The minimum atomic E-state index is -0.294. The Balaban J connectivity index is 3.55. The second-order valence-corrected chi connectivity index (χ2v) is 2.73. The van der Waals surface area contributed by atoms with Gasteiger partial charge in [-0.15, -0.1) is 0 Å². The molecule has 0 atom stereocenters. The molecule has 0 saturated heterocycles. The molecule has 1 aromatic rings. The lowest BCUT2D eigenvalue weighted by molar-refractivity contribution is 0.631. The molecule has 13 heavy (non-hydrogen) atoms. The number of anilines is 1. The van der Waals surface area contributed by atoms with Crippen LogP contribution in [0.5, 0.6) is 0 Å². The van der Waals surface area contributed by atoms with E-state index in [9.17, 15) is 9.59 Å². The fourth-order valence-corrected chi connectivity index (χ4v) is 1.12. The van der Waals surface area contributed by atoms with Crippen LogP contribution in [0.25, 0.3) is 0 Å². The molecule has 0 bridgehead atoms. The first-order valence-corrected chi connectivity index (χ1v) is 4.10. The Hall–Kier alpha value is -1.52. The molecule has 0 saturated carbocycles. The number of nitrogens with zero attached hydrogens (tertiary/aromatic N) is 2. The summed E-state index contributed by atoms with van der Waals surface area (Å²) < 4.78 is 2.57. The molecule has 1 aromatic heterocycles. The van der Waals surface area contributed by atoms with Gasteiger partial charge >= 0.3 is 5.69 Å². The quantitative estimate of drug-likeness (QED) is 0.679. The topological polar surface area (TPSA) is 56.0 Å². The second kappa shape index (κ2) is 3.47. The van der Waals surface area contributed by atoms with Gasteiger partial charge in [-0.1, -0.05) is 0 Å². The maximum absolute atomic E-state index is 11.4. The summed E-state index contributed by atoms with van der Waals surface area (Å²) in [5.74, 6) is 0. The first-order chi connectivity index (χ1) is 6.11. The van der Waals surface area contributed by atoms with Crippen LogP contribution in [-0.2, 0) is 13.6 Å². The molecule has 0 fully saturated rings. The van der Waals surface area contributed by atoms with Gasteiger partial charge in [-0.25, -0.2) is 4.79 Å². The van der Waals surface area contributed by atoms with Gasteiger partial charge in [0.1, 0.15) is 5.69 Å². The molecule has 1 N–H and O–H groups in total. The number of hydrogen-bond donors (Lipinski definition) is 1. The zero-order chi connectivity index (χ0) is 10.0. The second-order valence-electron chi connectivity index (χ2n) is 2.73. The van der Waals surface area contributed by atoms with Gasteiger partial charge in [0, 0.05) is 26.8 Å². The average molecular weight is 183 g/mol. The lowest BCUT2D eigenvalue weighted by Crippen LogP contribution is -2.38. The zero-order valence-corrected chi connectivity index (χ0v) is 8.00. The summed E-state index contributed by atoms with van der Waals surface area (Å²) in [6.07, 6.45) is 1.53. The summed E-state index contributed by atoms with van der Waals surface area (Å²) >= 11 is 0. The average Bonchev–Trinajstić information content (AvgIpc) is 2.15. The van der Waals surface area contributed by atoms with E-state index in [4.69, 9.17) is 0 Å². The molecule has 0 aliphatic carbocycles. The van der Waals surface area contributed by atoms with Crippen LogP contribution >= 0.6 is 0 Å². The molecule has 0 aliphatic heterocycles. The van der Waals surface area contributed by atoms with E-state index in [0.717, 1.165) is 4.57 Å². The number of aromatic nitrogens is 2. The number of aryl methyl sites for hydroxylation is 1. The summed E-state index contributed by atoms with van der Waals surface area (Å²) in [5.41, 5.74) is -0.146. The van der Waals surface area contributed by atoms with Crippen LogP contribution in [0.1, 0.15) is 6.92 Å². The smallest absolute Gasteiger partial charge is 0.330 e. The fraction of sp³-hybridized carbons (Fsp3) is 0.500. The highest BCUT2D eigenvalue weighted by Gasteiger charge is 2.04. The van der Waals surface area contributed by atoms with Gasteiger partial charge < -0.3 is 5.32 Å². The van der Waals surface area contributed by atoms with Crippen LogP contribution in [0.3, 0.4) is 0 Å². The van der Waals surface area contributed by atoms with Crippen LogP contribution in [-0.4, -0.2) is 16.2 Å². The van der Waals surface area contributed by atoms with E-state index in [1.807, 2.05) is 6.92 Å². The third kappa shape index (κ3) is 1.49. The van der Waals surface area contributed by atoms with Gasteiger partial charge in [-0.2, -0.15) is 0 Å². The van der Waals surface area contributed by atoms with Crippen molar-refractivity contribution in [2.45, 2.75) is 13.5 Å². The lowest BCUT2D eigenvalue weighted by atomic mass is 10.5. The van der Waals surface area contributed by atoms with E-state index in [1.54, 1.807) is 7.05 Å². The molecule has 5 heteroatoms. The van der Waals surface area contributed by atoms with Crippen LogP contribution in [0.2, 0.25) is 0 Å². The molecule has 0 spiro atoms. The van der Waals surface area contributed by atoms with Crippen molar-refractivity contribution in [2.24, 2.45) is 7.05 Å². The van der Waals surface area contributed by atoms with Crippen LogP contribution in [0, 0.1) is 0 Å². The molecule has 0 aromatic carbocycles.